The Morgan fingerprint density at radius 2 is 1.88 bits per heavy atom. The molecule has 0 heterocycles. The molecule has 1 N–H and O–H groups in total. The van der Waals surface area contributed by atoms with Gasteiger partial charge in [0, 0.05) is 17.3 Å². The average Bonchev–Trinajstić information content (AvgIpc) is 2.65. The van der Waals surface area contributed by atoms with E-state index < -0.39 is 18.5 Å². The Labute approximate surface area is 145 Å². The lowest BCUT2D eigenvalue weighted by atomic mass is 10.2. The minimum Gasteiger partial charge on any atom is -0.496 e. The topological polar surface area (TPSA) is 88.4 Å². The number of hydrogen-bond donors (Lipinski definition) is 1. The highest BCUT2D eigenvalue weighted by molar-refractivity contribution is 5.94. The number of methoxy groups -OCH3 is 1. The van der Waals surface area contributed by atoms with E-state index in [1.54, 1.807) is 49.6 Å². The van der Waals surface area contributed by atoms with Crippen LogP contribution in [-0.2, 0) is 14.3 Å². The molecule has 0 saturated heterocycles. The maximum atomic E-state index is 11.7. The molecule has 0 atom stereocenters. The van der Waals surface area contributed by atoms with E-state index in [9.17, 15) is 9.59 Å². The zero-order valence-corrected chi connectivity index (χ0v) is 13.6. The zero-order valence-electron chi connectivity index (χ0n) is 13.6. The molecule has 0 fully saturated rings. The van der Waals surface area contributed by atoms with Gasteiger partial charge < -0.3 is 14.8 Å². The standard InChI is InChI=1S/C19H16N2O4/c1-24-17-5-3-2-4-15(17)8-11-19(23)25-13-18(22)21-16-9-6-14(12-20)7-10-16/h2-11H,13H2,1H3,(H,21,22)/b11-8+. The van der Waals surface area contributed by atoms with Crippen LogP contribution in [0.25, 0.3) is 6.08 Å². The molecule has 0 radical (unpaired) electrons. The predicted molar refractivity (Wildman–Crippen MR) is 92.8 cm³/mol. The van der Waals surface area contributed by atoms with Gasteiger partial charge in [0.1, 0.15) is 5.75 Å². The Morgan fingerprint density at radius 1 is 1.16 bits per heavy atom. The molecular formula is C19H16N2O4. The van der Waals surface area contributed by atoms with Crippen molar-refractivity contribution in [1.82, 2.24) is 0 Å². The molecule has 1 amide bonds. The monoisotopic (exact) mass is 336 g/mol. The number of carbonyl (C=O) groups is 2. The second-order valence-electron chi connectivity index (χ2n) is 4.92. The van der Waals surface area contributed by atoms with Crippen molar-refractivity contribution in [3.8, 4) is 11.8 Å². The van der Waals surface area contributed by atoms with Crippen LogP contribution in [0.2, 0.25) is 0 Å². The molecule has 0 bridgehead atoms. The molecule has 0 saturated carbocycles. The van der Waals surface area contributed by atoms with Crippen molar-refractivity contribution in [2.75, 3.05) is 19.0 Å². The zero-order chi connectivity index (χ0) is 18.1. The van der Waals surface area contributed by atoms with Crippen LogP contribution >= 0.6 is 0 Å². The second kappa shape index (κ2) is 8.89. The summed E-state index contributed by atoms with van der Waals surface area (Å²) in [7, 11) is 1.54. The summed E-state index contributed by atoms with van der Waals surface area (Å²) in [4.78, 5) is 23.4. The van der Waals surface area contributed by atoms with E-state index in [0.717, 1.165) is 5.56 Å². The molecule has 25 heavy (non-hydrogen) atoms. The van der Waals surface area contributed by atoms with Crippen molar-refractivity contribution < 1.29 is 19.1 Å². The third-order valence-corrected chi connectivity index (χ3v) is 3.18. The molecule has 0 aliphatic carbocycles. The number of ether oxygens (including phenoxy) is 2. The maximum absolute atomic E-state index is 11.7. The van der Waals surface area contributed by atoms with Crippen molar-refractivity contribution in [3.63, 3.8) is 0 Å². The van der Waals surface area contributed by atoms with E-state index in [2.05, 4.69) is 5.32 Å². The molecule has 0 aliphatic rings. The summed E-state index contributed by atoms with van der Waals surface area (Å²) in [5, 5.41) is 11.3. The molecule has 0 unspecified atom stereocenters. The number of nitrogens with one attached hydrogen (secondary N) is 1. The largest absolute Gasteiger partial charge is 0.496 e. The summed E-state index contributed by atoms with van der Waals surface area (Å²) in [6, 6.07) is 15.5. The summed E-state index contributed by atoms with van der Waals surface area (Å²) in [5.41, 5.74) is 1.74. The molecule has 2 aromatic carbocycles. The summed E-state index contributed by atoms with van der Waals surface area (Å²) in [6.45, 7) is -0.408. The molecule has 0 aliphatic heterocycles. The van der Waals surface area contributed by atoms with Gasteiger partial charge in [-0.05, 0) is 36.4 Å². The Balaban J connectivity index is 1.83. The van der Waals surface area contributed by atoms with Gasteiger partial charge in [-0.1, -0.05) is 18.2 Å². The number of amides is 1. The van der Waals surface area contributed by atoms with Gasteiger partial charge >= 0.3 is 5.97 Å². The number of benzene rings is 2. The van der Waals surface area contributed by atoms with Crippen LogP contribution in [0.1, 0.15) is 11.1 Å². The highest BCUT2D eigenvalue weighted by Gasteiger charge is 2.06. The minimum atomic E-state index is -0.638. The number of anilines is 1. The SMILES string of the molecule is COc1ccccc1/C=C/C(=O)OCC(=O)Nc1ccc(C#N)cc1. The van der Waals surface area contributed by atoms with Crippen LogP contribution in [0.3, 0.4) is 0 Å². The first-order valence-corrected chi connectivity index (χ1v) is 7.40. The third kappa shape index (κ3) is 5.52. The Kier molecular flexibility index (Phi) is 6.32. The van der Waals surface area contributed by atoms with E-state index in [4.69, 9.17) is 14.7 Å². The van der Waals surface area contributed by atoms with E-state index >= 15 is 0 Å². The van der Waals surface area contributed by atoms with E-state index in [0.29, 0.717) is 17.0 Å². The quantitative estimate of drug-likeness (QED) is 0.647. The number of nitrogens with zero attached hydrogens (tertiary/aromatic N) is 1. The molecule has 6 nitrogen and oxygen atoms in total. The molecule has 126 valence electrons. The van der Waals surface area contributed by atoms with Gasteiger partial charge in [-0.25, -0.2) is 4.79 Å². The summed E-state index contributed by atoms with van der Waals surface area (Å²) < 4.78 is 10.1. The number of carbonyl (C=O) groups excluding carboxylic acids is 2. The van der Waals surface area contributed by atoms with Gasteiger partial charge in [-0.2, -0.15) is 5.26 Å². The smallest absolute Gasteiger partial charge is 0.331 e. The van der Waals surface area contributed by atoms with Gasteiger partial charge in [-0.3, -0.25) is 4.79 Å². The molecular weight excluding hydrogens is 320 g/mol. The van der Waals surface area contributed by atoms with Gasteiger partial charge in [0.25, 0.3) is 5.91 Å². The Morgan fingerprint density at radius 3 is 2.56 bits per heavy atom. The van der Waals surface area contributed by atoms with Gasteiger partial charge in [-0.15, -0.1) is 0 Å². The molecule has 2 aromatic rings. The minimum absolute atomic E-state index is 0.408. The average molecular weight is 336 g/mol. The first-order valence-electron chi connectivity index (χ1n) is 7.40. The van der Waals surface area contributed by atoms with Crippen molar-refractivity contribution in [2.45, 2.75) is 0 Å². The van der Waals surface area contributed by atoms with Gasteiger partial charge in [0.15, 0.2) is 6.61 Å². The lowest BCUT2D eigenvalue weighted by Crippen LogP contribution is -2.20. The van der Waals surface area contributed by atoms with Crippen molar-refractivity contribution in [3.05, 3.63) is 65.7 Å². The fourth-order valence-electron chi connectivity index (χ4n) is 1.97. The lowest BCUT2D eigenvalue weighted by molar-refractivity contribution is -0.142. The summed E-state index contributed by atoms with van der Waals surface area (Å²) in [5.74, 6) is -0.477. The molecule has 6 heteroatoms. The van der Waals surface area contributed by atoms with E-state index in [1.807, 2.05) is 18.2 Å². The number of esters is 1. The highest BCUT2D eigenvalue weighted by Crippen LogP contribution is 2.18. The summed E-state index contributed by atoms with van der Waals surface area (Å²) in [6.07, 6.45) is 2.78. The summed E-state index contributed by atoms with van der Waals surface area (Å²) >= 11 is 0. The van der Waals surface area contributed by atoms with Crippen LogP contribution in [0.5, 0.6) is 5.75 Å². The fraction of sp³-hybridized carbons (Fsp3) is 0.105. The predicted octanol–water partition coefficient (Wildman–Crippen LogP) is 2.76. The number of nitriles is 1. The van der Waals surface area contributed by atoms with Crippen LogP contribution < -0.4 is 10.1 Å². The van der Waals surface area contributed by atoms with Gasteiger partial charge in [0.05, 0.1) is 18.7 Å². The fourth-order valence-corrected chi connectivity index (χ4v) is 1.97. The van der Waals surface area contributed by atoms with E-state index in [-0.39, 0.29) is 0 Å². The van der Waals surface area contributed by atoms with Crippen molar-refractivity contribution in [2.24, 2.45) is 0 Å². The Hall–Kier alpha value is -3.59. The number of rotatable bonds is 6. The van der Waals surface area contributed by atoms with Crippen LogP contribution in [-0.4, -0.2) is 25.6 Å². The molecule has 0 spiro atoms. The normalized spacial score (nSPS) is 10.1. The third-order valence-electron chi connectivity index (χ3n) is 3.18. The lowest BCUT2D eigenvalue weighted by Gasteiger charge is -2.05. The first kappa shape index (κ1) is 17.8. The number of hydrogen-bond acceptors (Lipinski definition) is 5. The maximum Gasteiger partial charge on any atom is 0.331 e. The van der Waals surface area contributed by atoms with E-state index in [1.165, 1.54) is 6.08 Å². The van der Waals surface area contributed by atoms with Crippen molar-refractivity contribution >= 4 is 23.6 Å². The first-order chi connectivity index (χ1) is 12.1. The Bertz CT molecular complexity index is 820. The van der Waals surface area contributed by atoms with Crippen molar-refractivity contribution in [1.29, 1.82) is 5.26 Å². The van der Waals surface area contributed by atoms with Crippen LogP contribution in [0, 0.1) is 11.3 Å². The van der Waals surface area contributed by atoms with Gasteiger partial charge in [0.2, 0.25) is 0 Å². The molecule has 2 rings (SSSR count). The molecule has 0 aromatic heterocycles. The second-order valence-corrected chi connectivity index (χ2v) is 4.92. The number of para-hydroxylation sites is 1. The van der Waals surface area contributed by atoms with Crippen LogP contribution in [0.15, 0.2) is 54.6 Å². The highest BCUT2D eigenvalue weighted by atomic mass is 16.5. The van der Waals surface area contributed by atoms with Crippen LogP contribution in [0.4, 0.5) is 5.69 Å².